The Morgan fingerprint density at radius 2 is 2.17 bits per heavy atom. The number of nitrogens with zero attached hydrogens (tertiary/aromatic N) is 2. The molecule has 5 heteroatoms. The van der Waals surface area contributed by atoms with Gasteiger partial charge in [0.05, 0.1) is 12.1 Å². The van der Waals surface area contributed by atoms with Gasteiger partial charge >= 0.3 is 0 Å². The summed E-state index contributed by atoms with van der Waals surface area (Å²) >= 11 is 5.34. The van der Waals surface area contributed by atoms with Crippen molar-refractivity contribution in [3.63, 3.8) is 0 Å². The number of pyridine rings is 1. The third-order valence-electron chi connectivity index (χ3n) is 2.98. The van der Waals surface area contributed by atoms with Gasteiger partial charge in [0, 0.05) is 6.20 Å². The first-order chi connectivity index (χ1) is 8.65. The van der Waals surface area contributed by atoms with Gasteiger partial charge in [-0.3, -0.25) is 4.57 Å². The van der Waals surface area contributed by atoms with Gasteiger partial charge in [-0.2, -0.15) is 0 Å². The molecule has 0 spiro atoms. The van der Waals surface area contributed by atoms with E-state index >= 15 is 0 Å². The Labute approximate surface area is 109 Å². The van der Waals surface area contributed by atoms with Crippen LogP contribution in [0.2, 0.25) is 0 Å². The Kier molecular flexibility index (Phi) is 2.56. The predicted octanol–water partition coefficient (Wildman–Crippen LogP) is 3.35. The Hall–Kier alpha value is -1.88. The number of aromatic nitrogens is 3. The number of fused-ring (bicyclic) bond motifs is 1. The zero-order valence-corrected chi connectivity index (χ0v) is 11.0. The minimum atomic E-state index is 0.600. The highest BCUT2D eigenvalue weighted by atomic mass is 32.1. The van der Waals surface area contributed by atoms with Crippen molar-refractivity contribution in [2.45, 2.75) is 20.4 Å². The molecule has 0 saturated heterocycles. The van der Waals surface area contributed by atoms with Crippen molar-refractivity contribution in [1.29, 1.82) is 0 Å². The fourth-order valence-electron chi connectivity index (χ4n) is 2.05. The average molecular weight is 259 g/mol. The van der Waals surface area contributed by atoms with Crippen LogP contribution in [0.4, 0.5) is 0 Å². The van der Waals surface area contributed by atoms with Gasteiger partial charge in [0.25, 0.3) is 0 Å². The zero-order valence-electron chi connectivity index (χ0n) is 10.2. The van der Waals surface area contributed by atoms with E-state index in [0.717, 1.165) is 28.2 Å². The molecule has 0 bridgehead atoms. The van der Waals surface area contributed by atoms with Gasteiger partial charge in [0.1, 0.15) is 11.5 Å². The van der Waals surface area contributed by atoms with Crippen LogP contribution in [0.25, 0.3) is 11.2 Å². The number of H-pyrrole nitrogens is 1. The Balaban J connectivity index is 2.14. The molecule has 0 radical (unpaired) electrons. The molecule has 3 rings (SSSR count). The SMILES string of the molecule is Cc1ccc(Cn2c(=S)[nH]c3c(C)ccnc32)o1. The third-order valence-corrected chi connectivity index (χ3v) is 3.30. The fourth-order valence-corrected chi connectivity index (χ4v) is 2.30. The Bertz CT molecular complexity index is 766. The molecule has 18 heavy (non-hydrogen) atoms. The van der Waals surface area contributed by atoms with Crippen LogP contribution in [0.15, 0.2) is 28.8 Å². The second-order valence-corrected chi connectivity index (χ2v) is 4.74. The molecule has 92 valence electrons. The van der Waals surface area contributed by atoms with Crippen LogP contribution in [0.1, 0.15) is 17.1 Å². The van der Waals surface area contributed by atoms with E-state index in [1.54, 1.807) is 6.20 Å². The van der Waals surface area contributed by atoms with E-state index in [1.165, 1.54) is 0 Å². The summed E-state index contributed by atoms with van der Waals surface area (Å²) < 4.78 is 8.20. The van der Waals surface area contributed by atoms with Crippen molar-refractivity contribution in [3.8, 4) is 0 Å². The second-order valence-electron chi connectivity index (χ2n) is 4.36. The Morgan fingerprint density at radius 3 is 2.89 bits per heavy atom. The maximum atomic E-state index is 5.58. The number of rotatable bonds is 2. The molecule has 3 heterocycles. The fraction of sp³-hybridized carbons (Fsp3) is 0.231. The number of aryl methyl sites for hydroxylation is 2. The summed E-state index contributed by atoms with van der Waals surface area (Å²) in [5, 5.41) is 0. The summed E-state index contributed by atoms with van der Waals surface area (Å²) in [7, 11) is 0. The molecule has 0 atom stereocenters. The van der Waals surface area contributed by atoms with E-state index in [2.05, 4.69) is 9.97 Å². The minimum Gasteiger partial charge on any atom is -0.464 e. The van der Waals surface area contributed by atoms with E-state index in [4.69, 9.17) is 16.6 Å². The van der Waals surface area contributed by atoms with Gasteiger partial charge < -0.3 is 9.40 Å². The van der Waals surface area contributed by atoms with Crippen LogP contribution < -0.4 is 0 Å². The lowest BCUT2D eigenvalue weighted by molar-refractivity contribution is 0.471. The predicted molar refractivity (Wildman–Crippen MR) is 72.2 cm³/mol. The standard InChI is InChI=1S/C13H13N3OS/c1-8-5-6-14-12-11(8)15-13(18)16(12)7-10-4-3-9(2)17-10/h3-6H,7H2,1-2H3,(H,15,18). The van der Waals surface area contributed by atoms with Crippen LogP contribution in [-0.2, 0) is 6.54 Å². The van der Waals surface area contributed by atoms with Crippen molar-refractivity contribution >= 4 is 23.4 Å². The highest BCUT2D eigenvalue weighted by Crippen LogP contribution is 2.17. The molecule has 0 aliphatic rings. The molecule has 0 aliphatic heterocycles. The van der Waals surface area contributed by atoms with E-state index < -0.39 is 0 Å². The molecule has 4 nitrogen and oxygen atoms in total. The van der Waals surface area contributed by atoms with Crippen LogP contribution in [-0.4, -0.2) is 14.5 Å². The maximum Gasteiger partial charge on any atom is 0.179 e. The smallest absolute Gasteiger partial charge is 0.179 e. The molecule has 0 saturated carbocycles. The number of imidazole rings is 1. The first-order valence-electron chi connectivity index (χ1n) is 5.74. The summed E-state index contributed by atoms with van der Waals surface area (Å²) in [6.07, 6.45) is 1.80. The van der Waals surface area contributed by atoms with Gasteiger partial charge in [0.2, 0.25) is 0 Å². The van der Waals surface area contributed by atoms with Gasteiger partial charge in [-0.25, -0.2) is 4.98 Å². The van der Waals surface area contributed by atoms with E-state index in [0.29, 0.717) is 11.3 Å². The number of nitrogens with one attached hydrogen (secondary N) is 1. The number of hydrogen-bond acceptors (Lipinski definition) is 3. The van der Waals surface area contributed by atoms with Gasteiger partial charge in [0.15, 0.2) is 10.4 Å². The zero-order chi connectivity index (χ0) is 12.7. The second kappa shape index (κ2) is 4.10. The van der Waals surface area contributed by atoms with Crippen molar-refractivity contribution in [2.75, 3.05) is 0 Å². The van der Waals surface area contributed by atoms with Gasteiger partial charge in [-0.15, -0.1) is 0 Å². The first-order valence-corrected chi connectivity index (χ1v) is 6.15. The summed E-state index contributed by atoms with van der Waals surface area (Å²) in [6, 6.07) is 5.88. The van der Waals surface area contributed by atoms with Crippen LogP contribution in [0.5, 0.6) is 0 Å². The molecular formula is C13H13N3OS. The largest absolute Gasteiger partial charge is 0.464 e. The van der Waals surface area contributed by atoms with Gasteiger partial charge in [-0.05, 0) is 49.8 Å². The van der Waals surface area contributed by atoms with Crippen LogP contribution >= 0.6 is 12.2 Å². The van der Waals surface area contributed by atoms with Crippen LogP contribution in [0.3, 0.4) is 0 Å². The minimum absolute atomic E-state index is 0.600. The summed E-state index contributed by atoms with van der Waals surface area (Å²) in [6.45, 7) is 4.57. The maximum absolute atomic E-state index is 5.58. The molecule has 0 aromatic carbocycles. The lowest BCUT2D eigenvalue weighted by Gasteiger charge is -2.01. The molecular weight excluding hydrogens is 246 g/mol. The summed E-state index contributed by atoms with van der Waals surface area (Å²) in [4.78, 5) is 7.59. The van der Waals surface area contributed by atoms with E-state index in [-0.39, 0.29) is 0 Å². The highest BCUT2D eigenvalue weighted by Gasteiger charge is 2.09. The van der Waals surface area contributed by atoms with Crippen molar-refractivity contribution in [3.05, 3.63) is 46.3 Å². The lowest BCUT2D eigenvalue weighted by atomic mass is 10.3. The Morgan fingerprint density at radius 1 is 1.33 bits per heavy atom. The van der Waals surface area contributed by atoms with Crippen molar-refractivity contribution < 1.29 is 4.42 Å². The normalized spacial score (nSPS) is 11.2. The van der Waals surface area contributed by atoms with Gasteiger partial charge in [-0.1, -0.05) is 0 Å². The molecule has 0 amide bonds. The van der Waals surface area contributed by atoms with Crippen LogP contribution in [0, 0.1) is 18.6 Å². The molecule has 0 unspecified atom stereocenters. The molecule has 3 aromatic rings. The molecule has 0 fully saturated rings. The highest BCUT2D eigenvalue weighted by molar-refractivity contribution is 7.71. The van der Waals surface area contributed by atoms with Crippen molar-refractivity contribution in [2.24, 2.45) is 0 Å². The molecule has 0 aliphatic carbocycles. The van der Waals surface area contributed by atoms with Crippen molar-refractivity contribution in [1.82, 2.24) is 14.5 Å². The number of furan rings is 1. The third kappa shape index (κ3) is 1.76. The molecule has 3 aromatic heterocycles. The quantitative estimate of drug-likeness (QED) is 0.718. The summed E-state index contributed by atoms with van der Waals surface area (Å²) in [5.74, 6) is 1.79. The number of hydrogen-bond donors (Lipinski definition) is 1. The topological polar surface area (TPSA) is 46.8 Å². The first kappa shape index (κ1) is 11.2. The summed E-state index contributed by atoms with van der Waals surface area (Å²) in [5.41, 5.74) is 3.00. The average Bonchev–Trinajstić information content (AvgIpc) is 2.87. The molecule has 1 N–H and O–H groups in total. The lowest BCUT2D eigenvalue weighted by Crippen LogP contribution is -1.99. The van der Waals surface area contributed by atoms with E-state index in [9.17, 15) is 0 Å². The monoisotopic (exact) mass is 259 g/mol. The van der Waals surface area contributed by atoms with E-state index in [1.807, 2.05) is 36.6 Å². The number of aromatic amines is 1.